The standard InChI is InChI=1S/C12H17N/c1-2-10-13-11-6-9-12-7-4-3-5-8-12/h3-9,13H,2,10-11H2,1H3/p+1/b9-6+. The summed E-state index contributed by atoms with van der Waals surface area (Å²) in [5.41, 5.74) is 1.28. The maximum Gasteiger partial charge on any atom is 0.0945 e. The van der Waals surface area contributed by atoms with Crippen LogP contribution < -0.4 is 5.32 Å². The summed E-state index contributed by atoms with van der Waals surface area (Å²) in [6, 6.07) is 10.4. The SMILES string of the molecule is CCC[NH2+]C/C=C/c1ccccc1. The summed E-state index contributed by atoms with van der Waals surface area (Å²) in [6.07, 6.45) is 5.64. The Balaban J connectivity index is 2.25. The molecule has 0 aliphatic heterocycles. The van der Waals surface area contributed by atoms with Crippen molar-refractivity contribution in [3.8, 4) is 0 Å². The predicted octanol–water partition coefficient (Wildman–Crippen LogP) is 1.67. The van der Waals surface area contributed by atoms with Crippen LogP contribution in [0.5, 0.6) is 0 Å². The Kier molecular flexibility index (Phi) is 4.95. The van der Waals surface area contributed by atoms with Gasteiger partial charge < -0.3 is 5.32 Å². The minimum atomic E-state index is 1.09. The molecule has 0 heterocycles. The van der Waals surface area contributed by atoms with E-state index >= 15 is 0 Å². The van der Waals surface area contributed by atoms with Crippen molar-refractivity contribution in [2.45, 2.75) is 13.3 Å². The molecule has 1 aromatic carbocycles. The van der Waals surface area contributed by atoms with Crippen LogP contribution in [-0.4, -0.2) is 13.1 Å². The van der Waals surface area contributed by atoms with Gasteiger partial charge in [-0.15, -0.1) is 0 Å². The van der Waals surface area contributed by atoms with E-state index in [1.54, 1.807) is 0 Å². The zero-order valence-electron chi connectivity index (χ0n) is 8.24. The maximum absolute atomic E-state index is 2.32. The van der Waals surface area contributed by atoms with E-state index in [1.165, 1.54) is 18.5 Å². The quantitative estimate of drug-likeness (QED) is 0.657. The average Bonchev–Trinajstić information content (AvgIpc) is 2.19. The lowest BCUT2D eigenvalue weighted by molar-refractivity contribution is -0.645. The highest BCUT2D eigenvalue weighted by molar-refractivity contribution is 5.48. The predicted molar refractivity (Wildman–Crippen MR) is 57.4 cm³/mol. The number of nitrogens with two attached hydrogens (primary N) is 1. The Morgan fingerprint density at radius 2 is 2.00 bits per heavy atom. The lowest BCUT2D eigenvalue weighted by Gasteiger charge is -1.93. The van der Waals surface area contributed by atoms with Crippen molar-refractivity contribution < 1.29 is 5.32 Å². The topological polar surface area (TPSA) is 16.6 Å². The minimum Gasteiger partial charge on any atom is -0.343 e. The lowest BCUT2D eigenvalue weighted by atomic mass is 10.2. The van der Waals surface area contributed by atoms with Gasteiger partial charge in [-0.25, -0.2) is 0 Å². The van der Waals surface area contributed by atoms with Gasteiger partial charge in [-0.1, -0.05) is 43.3 Å². The molecule has 0 aliphatic carbocycles. The van der Waals surface area contributed by atoms with Gasteiger partial charge in [0.15, 0.2) is 0 Å². The summed E-state index contributed by atoms with van der Waals surface area (Å²) in [7, 11) is 0. The molecule has 2 N–H and O–H groups in total. The molecule has 0 aromatic heterocycles. The number of hydrogen-bond acceptors (Lipinski definition) is 0. The van der Waals surface area contributed by atoms with E-state index in [1.807, 2.05) is 6.07 Å². The summed E-state index contributed by atoms with van der Waals surface area (Å²) in [4.78, 5) is 0. The Labute approximate surface area is 80.5 Å². The summed E-state index contributed by atoms with van der Waals surface area (Å²) >= 11 is 0. The van der Waals surface area contributed by atoms with Gasteiger partial charge in [0.2, 0.25) is 0 Å². The van der Waals surface area contributed by atoms with Crippen LogP contribution in [0.3, 0.4) is 0 Å². The monoisotopic (exact) mass is 176 g/mol. The zero-order chi connectivity index (χ0) is 9.36. The minimum absolute atomic E-state index is 1.09. The molecular weight excluding hydrogens is 158 g/mol. The fourth-order valence-corrected chi connectivity index (χ4v) is 1.19. The van der Waals surface area contributed by atoms with Crippen LogP contribution in [0.1, 0.15) is 18.9 Å². The van der Waals surface area contributed by atoms with Crippen LogP contribution in [0, 0.1) is 0 Å². The van der Waals surface area contributed by atoms with E-state index in [-0.39, 0.29) is 0 Å². The summed E-state index contributed by atoms with van der Waals surface area (Å²) in [6.45, 7) is 4.51. The highest BCUT2D eigenvalue weighted by atomic mass is 14.8. The van der Waals surface area contributed by atoms with Gasteiger partial charge in [0.25, 0.3) is 0 Å². The van der Waals surface area contributed by atoms with E-state index in [4.69, 9.17) is 0 Å². The third kappa shape index (κ3) is 4.48. The molecule has 1 nitrogen and oxygen atoms in total. The molecule has 0 atom stereocenters. The fraction of sp³-hybridized carbons (Fsp3) is 0.333. The number of benzene rings is 1. The van der Waals surface area contributed by atoms with Crippen LogP contribution in [0.15, 0.2) is 36.4 Å². The largest absolute Gasteiger partial charge is 0.343 e. The summed E-state index contributed by atoms with van der Waals surface area (Å²) in [5, 5.41) is 2.32. The fourth-order valence-electron chi connectivity index (χ4n) is 1.19. The second-order valence-electron chi connectivity index (χ2n) is 3.13. The van der Waals surface area contributed by atoms with E-state index in [9.17, 15) is 0 Å². The molecule has 0 bridgehead atoms. The van der Waals surface area contributed by atoms with E-state index in [2.05, 4.69) is 48.7 Å². The molecule has 0 unspecified atom stereocenters. The van der Waals surface area contributed by atoms with Gasteiger partial charge in [0.1, 0.15) is 0 Å². The second kappa shape index (κ2) is 6.44. The third-order valence-corrected chi connectivity index (χ3v) is 1.91. The van der Waals surface area contributed by atoms with Crippen LogP contribution in [0.25, 0.3) is 6.08 Å². The van der Waals surface area contributed by atoms with Crippen molar-refractivity contribution in [2.24, 2.45) is 0 Å². The molecule has 0 amide bonds. The van der Waals surface area contributed by atoms with Crippen LogP contribution in [-0.2, 0) is 0 Å². The molecular formula is C12H18N+. The van der Waals surface area contributed by atoms with Crippen molar-refractivity contribution in [1.82, 2.24) is 0 Å². The number of rotatable bonds is 5. The van der Waals surface area contributed by atoms with Gasteiger partial charge in [0.05, 0.1) is 13.1 Å². The van der Waals surface area contributed by atoms with Crippen molar-refractivity contribution >= 4 is 6.08 Å². The Hall–Kier alpha value is -1.08. The Morgan fingerprint density at radius 3 is 2.69 bits per heavy atom. The molecule has 70 valence electrons. The first-order chi connectivity index (χ1) is 6.43. The number of quaternary nitrogens is 1. The van der Waals surface area contributed by atoms with Crippen molar-refractivity contribution in [3.63, 3.8) is 0 Å². The van der Waals surface area contributed by atoms with Gasteiger partial charge in [0, 0.05) is 0 Å². The van der Waals surface area contributed by atoms with Crippen LogP contribution in [0.2, 0.25) is 0 Å². The van der Waals surface area contributed by atoms with Gasteiger partial charge >= 0.3 is 0 Å². The summed E-state index contributed by atoms with van der Waals surface area (Å²) < 4.78 is 0. The normalized spacial score (nSPS) is 10.8. The molecule has 0 fully saturated rings. The average molecular weight is 176 g/mol. The van der Waals surface area contributed by atoms with Gasteiger partial charge in [-0.3, -0.25) is 0 Å². The van der Waals surface area contributed by atoms with Crippen LogP contribution >= 0.6 is 0 Å². The molecule has 1 heteroatoms. The van der Waals surface area contributed by atoms with Gasteiger partial charge in [-0.2, -0.15) is 0 Å². The third-order valence-electron chi connectivity index (χ3n) is 1.91. The first-order valence-electron chi connectivity index (χ1n) is 4.96. The highest BCUT2D eigenvalue weighted by Gasteiger charge is 1.84. The summed E-state index contributed by atoms with van der Waals surface area (Å²) in [5.74, 6) is 0. The molecule has 13 heavy (non-hydrogen) atoms. The molecule has 0 radical (unpaired) electrons. The molecule has 0 saturated heterocycles. The van der Waals surface area contributed by atoms with E-state index in [0.29, 0.717) is 0 Å². The Bertz CT molecular complexity index is 239. The second-order valence-corrected chi connectivity index (χ2v) is 3.13. The Morgan fingerprint density at radius 1 is 1.23 bits per heavy atom. The van der Waals surface area contributed by atoms with Crippen LogP contribution in [0.4, 0.5) is 0 Å². The molecule has 1 rings (SSSR count). The first kappa shape index (κ1) is 10.0. The van der Waals surface area contributed by atoms with Crippen molar-refractivity contribution in [2.75, 3.05) is 13.1 Å². The van der Waals surface area contributed by atoms with Crippen molar-refractivity contribution in [3.05, 3.63) is 42.0 Å². The molecule has 0 saturated carbocycles. The lowest BCUT2D eigenvalue weighted by Crippen LogP contribution is -2.83. The van der Waals surface area contributed by atoms with E-state index in [0.717, 1.165) is 6.54 Å². The highest BCUT2D eigenvalue weighted by Crippen LogP contribution is 1.99. The number of hydrogen-bond donors (Lipinski definition) is 1. The van der Waals surface area contributed by atoms with Crippen molar-refractivity contribution in [1.29, 1.82) is 0 Å². The van der Waals surface area contributed by atoms with E-state index < -0.39 is 0 Å². The molecule has 0 spiro atoms. The maximum atomic E-state index is 2.32. The molecule has 1 aromatic rings. The smallest absolute Gasteiger partial charge is 0.0945 e. The zero-order valence-corrected chi connectivity index (χ0v) is 8.24. The van der Waals surface area contributed by atoms with Gasteiger partial charge in [-0.05, 0) is 18.1 Å². The first-order valence-corrected chi connectivity index (χ1v) is 4.96. The molecule has 0 aliphatic rings.